The number of carboxylic acids is 1. The molecule has 0 aliphatic carbocycles. The number of benzene rings is 2. The Balaban J connectivity index is 2.14. The van der Waals surface area contributed by atoms with Gasteiger partial charge in [-0.05, 0) is 30.3 Å². The van der Waals surface area contributed by atoms with Gasteiger partial charge in [0.25, 0.3) is 0 Å². The molecule has 0 saturated carbocycles. The smallest absolute Gasteiger partial charge is 0.127 e. The van der Waals surface area contributed by atoms with Crippen LogP contribution in [-0.4, -0.2) is 19.3 Å². The summed E-state index contributed by atoms with van der Waals surface area (Å²) in [6, 6.07) is 11.8. The third-order valence-corrected chi connectivity index (χ3v) is 3.05. The van der Waals surface area contributed by atoms with Crippen LogP contribution >= 0.6 is 11.6 Å². The van der Waals surface area contributed by atoms with Crippen LogP contribution in [0.25, 0.3) is 0 Å². The Hall–Kier alpha value is -2.53. The van der Waals surface area contributed by atoms with Gasteiger partial charge in [-0.1, -0.05) is 23.7 Å². The van der Waals surface area contributed by atoms with E-state index in [0.717, 1.165) is 5.56 Å². The van der Waals surface area contributed by atoms with Crippen molar-refractivity contribution in [1.29, 1.82) is 0 Å². The first-order valence-electron chi connectivity index (χ1n) is 6.05. The van der Waals surface area contributed by atoms with Gasteiger partial charge in [0, 0.05) is 16.1 Å². The molecule has 2 aromatic carbocycles. The number of nitrogens with zero attached hydrogens (tertiary/aromatic N) is 1. The van der Waals surface area contributed by atoms with E-state index in [2.05, 4.69) is 10.5 Å². The average molecular weight is 304 g/mol. The van der Waals surface area contributed by atoms with Crippen LogP contribution in [0.15, 0.2) is 47.6 Å². The number of anilines is 1. The number of halogens is 1. The molecular weight excluding hydrogens is 292 g/mol. The van der Waals surface area contributed by atoms with Gasteiger partial charge in [-0.2, -0.15) is 5.10 Å². The Morgan fingerprint density at radius 2 is 2.10 bits per heavy atom. The van der Waals surface area contributed by atoms with Crippen molar-refractivity contribution in [2.45, 2.75) is 0 Å². The van der Waals surface area contributed by atoms with E-state index < -0.39 is 5.97 Å². The van der Waals surface area contributed by atoms with E-state index in [1.165, 1.54) is 12.1 Å². The zero-order valence-corrected chi connectivity index (χ0v) is 11.9. The van der Waals surface area contributed by atoms with Gasteiger partial charge in [-0.15, -0.1) is 0 Å². The van der Waals surface area contributed by atoms with E-state index in [1.54, 1.807) is 19.4 Å². The molecule has 0 fully saturated rings. The first-order valence-corrected chi connectivity index (χ1v) is 6.42. The van der Waals surface area contributed by atoms with Crippen LogP contribution in [0.5, 0.6) is 5.75 Å². The highest BCUT2D eigenvalue weighted by Gasteiger charge is 2.02. The zero-order chi connectivity index (χ0) is 15.2. The van der Waals surface area contributed by atoms with Gasteiger partial charge >= 0.3 is 0 Å². The molecule has 108 valence electrons. The van der Waals surface area contributed by atoms with Gasteiger partial charge in [0.2, 0.25) is 0 Å². The molecule has 2 aromatic rings. The number of carbonyl (C=O) groups is 1. The summed E-state index contributed by atoms with van der Waals surface area (Å²) in [5.74, 6) is -0.646. The fourth-order valence-electron chi connectivity index (χ4n) is 1.70. The fourth-order valence-corrected chi connectivity index (χ4v) is 1.90. The van der Waals surface area contributed by atoms with Crippen LogP contribution in [0.3, 0.4) is 0 Å². The summed E-state index contributed by atoms with van der Waals surface area (Å²) in [6.45, 7) is 0. The minimum absolute atomic E-state index is 0.0887. The molecule has 0 bridgehead atoms. The number of methoxy groups -OCH3 is 1. The molecule has 21 heavy (non-hydrogen) atoms. The topological polar surface area (TPSA) is 73.8 Å². The summed E-state index contributed by atoms with van der Waals surface area (Å²) in [7, 11) is 1.57. The predicted molar refractivity (Wildman–Crippen MR) is 80.0 cm³/mol. The lowest BCUT2D eigenvalue weighted by molar-refractivity contribution is -0.255. The van der Waals surface area contributed by atoms with E-state index in [-0.39, 0.29) is 10.6 Å². The summed E-state index contributed by atoms with van der Waals surface area (Å²) in [6.07, 6.45) is 1.58. The predicted octanol–water partition coefficient (Wildman–Crippen LogP) is 2.16. The number of hydrazone groups is 1. The molecule has 0 saturated heterocycles. The Morgan fingerprint density at radius 3 is 2.81 bits per heavy atom. The zero-order valence-electron chi connectivity index (χ0n) is 11.2. The SMILES string of the molecule is COc1ccccc1/C=N\Nc1ccc(Cl)c(C(=O)[O-])c1. The molecule has 0 heterocycles. The maximum absolute atomic E-state index is 10.9. The summed E-state index contributed by atoms with van der Waals surface area (Å²) >= 11 is 5.76. The highest BCUT2D eigenvalue weighted by Crippen LogP contribution is 2.20. The van der Waals surface area contributed by atoms with Crippen molar-refractivity contribution in [2.24, 2.45) is 5.10 Å². The minimum Gasteiger partial charge on any atom is -0.545 e. The maximum Gasteiger partial charge on any atom is 0.127 e. The number of hydrogen-bond acceptors (Lipinski definition) is 5. The van der Waals surface area contributed by atoms with Crippen LogP contribution in [0.2, 0.25) is 5.02 Å². The van der Waals surface area contributed by atoms with Gasteiger partial charge in [0.1, 0.15) is 5.75 Å². The van der Waals surface area contributed by atoms with Crippen molar-refractivity contribution in [1.82, 2.24) is 0 Å². The Bertz CT molecular complexity index is 686. The standard InChI is InChI=1S/C15H13ClN2O3/c1-21-14-5-3-2-4-10(14)9-17-18-11-6-7-13(16)12(8-11)15(19)20/h2-9,18H,1H3,(H,19,20)/p-1/b17-9-. The van der Waals surface area contributed by atoms with Crippen molar-refractivity contribution < 1.29 is 14.6 Å². The van der Waals surface area contributed by atoms with Crippen LogP contribution in [0, 0.1) is 0 Å². The minimum atomic E-state index is -1.34. The molecule has 0 amide bonds. The van der Waals surface area contributed by atoms with Gasteiger partial charge in [0.05, 0.1) is 25.0 Å². The van der Waals surface area contributed by atoms with Crippen LogP contribution in [0.4, 0.5) is 5.69 Å². The number of hydrogen-bond donors (Lipinski definition) is 1. The van der Waals surface area contributed by atoms with Crippen molar-refractivity contribution in [3.05, 3.63) is 58.6 Å². The number of para-hydroxylation sites is 1. The van der Waals surface area contributed by atoms with E-state index in [1.807, 2.05) is 24.3 Å². The molecule has 6 heteroatoms. The van der Waals surface area contributed by atoms with Crippen molar-refractivity contribution in [2.75, 3.05) is 12.5 Å². The number of carbonyl (C=O) groups excluding carboxylic acids is 1. The Labute approximate surface area is 126 Å². The van der Waals surface area contributed by atoms with Gasteiger partial charge in [0.15, 0.2) is 0 Å². The fraction of sp³-hybridized carbons (Fsp3) is 0.0667. The largest absolute Gasteiger partial charge is 0.545 e. The lowest BCUT2D eigenvalue weighted by Gasteiger charge is -2.08. The lowest BCUT2D eigenvalue weighted by Crippen LogP contribution is -2.22. The lowest BCUT2D eigenvalue weighted by atomic mass is 10.2. The molecule has 0 aliphatic heterocycles. The van der Waals surface area contributed by atoms with E-state index in [0.29, 0.717) is 11.4 Å². The molecule has 0 unspecified atom stereocenters. The first kappa shape index (κ1) is 14.9. The molecule has 1 N–H and O–H groups in total. The summed E-state index contributed by atoms with van der Waals surface area (Å²) in [5.41, 5.74) is 3.93. The van der Waals surface area contributed by atoms with Gasteiger partial charge < -0.3 is 14.6 Å². The Kier molecular flexibility index (Phi) is 4.79. The van der Waals surface area contributed by atoms with E-state index >= 15 is 0 Å². The number of nitrogens with one attached hydrogen (secondary N) is 1. The molecule has 0 aromatic heterocycles. The van der Waals surface area contributed by atoms with Crippen LogP contribution in [0.1, 0.15) is 15.9 Å². The summed E-state index contributed by atoms with van der Waals surface area (Å²) in [5, 5.41) is 15.0. The van der Waals surface area contributed by atoms with Crippen LogP contribution in [-0.2, 0) is 0 Å². The second kappa shape index (κ2) is 6.76. The number of ether oxygens (including phenoxy) is 1. The summed E-state index contributed by atoms with van der Waals surface area (Å²) in [4.78, 5) is 10.9. The monoisotopic (exact) mass is 303 g/mol. The van der Waals surface area contributed by atoms with Gasteiger partial charge in [-0.25, -0.2) is 0 Å². The normalized spacial score (nSPS) is 10.6. The maximum atomic E-state index is 10.9. The third-order valence-electron chi connectivity index (χ3n) is 2.72. The van der Waals surface area contributed by atoms with Crippen molar-refractivity contribution in [3.63, 3.8) is 0 Å². The molecule has 0 spiro atoms. The van der Waals surface area contributed by atoms with Gasteiger partial charge in [-0.3, -0.25) is 5.43 Å². The van der Waals surface area contributed by atoms with Crippen molar-refractivity contribution in [3.8, 4) is 5.75 Å². The molecule has 5 nitrogen and oxygen atoms in total. The Morgan fingerprint density at radius 1 is 1.33 bits per heavy atom. The first-order chi connectivity index (χ1) is 10.1. The number of carboxylic acid groups (broad SMARTS) is 1. The van der Waals surface area contributed by atoms with Crippen molar-refractivity contribution >= 4 is 29.5 Å². The van der Waals surface area contributed by atoms with E-state index in [4.69, 9.17) is 16.3 Å². The second-order valence-electron chi connectivity index (χ2n) is 4.09. The molecular formula is C15H12ClN2O3-. The van der Waals surface area contributed by atoms with E-state index in [9.17, 15) is 9.90 Å². The quantitative estimate of drug-likeness (QED) is 0.678. The number of aromatic carboxylic acids is 1. The number of rotatable bonds is 5. The molecule has 0 atom stereocenters. The molecule has 2 rings (SSSR count). The molecule has 0 aliphatic rings. The highest BCUT2D eigenvalue weighted by molar-refractivity contribution is 6.33. The highest BCUT2D eigenvalue weighted by atomic mass is 35.5. The van der Waals surface area contributed by atoms with Crippen LogP contribution < -0.4 is 15.3 Å². The molecule has 0 radical (unpaired) electrons. The average Bonchev–Trinajstić information content (AvgIpc) is 2.49. The second-order valence-corrected chi connectivity index (χ2v) is 4.50. The third kappa shape index (κ3) is 3.73. The summed E-state index contributed by atoms with van der Waals surface area (Å²) < 4.78 is 5.19.